The van der Waals surface area contributed by atoms with Gasteiger partial charge < -0.3 is 15.2 Å². The average Bonchev–Trinajstić information content (AvgIpc) is 3.01. The van der Waals surface area contributed by atoms with Crippen LogP contribution in [-0.4, -0.2) is 40.8 Å². The van der Waals surface area contributed by atoms with Crippen molar-refractivity contribution >= 4 is 17.1 Å². The average molecular weight is 354 g/mol. The zero-order valence-electron chi connectivity index (χ0n) is 14.9. The van der Waals surface area contributed by atoms with Crippen LogP contribution in [0.25, 0.3) is 16.9 Å². The number of amides is 1. The molecule has 0 aliphatic heterocycles. The first kappa shape index (κ1) is 17.9. The SMILES string of the molecule is COCCOc1ccc2nc(C(C)CC(N)=O)n(-c3ccccc3)c2n1. The second-order valence-electron chi connectivity index (χ2n) is 6.05. The molecule has 0 radical (unpaired) electrons. The van der Waals surface area contributed by atoms with Gasteiger partial charge in [-0.25, -0.2) is 4.98 Å². The van der Waals surface area contributed by atoms with Crippen LogP contribution < -0.4 is 10.5 Å². The number of carbonyl (C=O) groups is 1. The fourth-order valence-electron chi connectivity index (χ4n) is 2.82. The predicted molar refractivity (Wildman–Crippen MR) is 98.5 cm³/mol. The Labute approximate surface area is 151 Å². The number of primary amides is 1. The van der Waals surface area contributed by atoms with Crippen LogP contribution >= 0.6 is 0 Å². The lowest BCUT2D eigenvalue weighted by Gasteiger charge is -2.13. The van der Waals surface area contributed by atoms with Gasteiger partial charge in [0.2, 0.25) is 11.8 Å². The molecule has 1 aromatic carbocycles. The molecule has 1 amide bonds. The molecule has 0 aliphatic rings. The largest absolute Gasteiger partial charge is 0.475 e. The number of rotatable bonds is 8. The Kier molecular flexibility index (Phi) is 5.48. The Balaban J connectivity index is 2.09. The summed E-state index contributed by atoms with van der Waals surface area (Å²) >= 11 is 0. The van der Waals surface area contributed by atoms with Crippen molar-refractivity contribution in [2.75, 3.05) is 20.3 Å². The van der Waals surface area contributed by atoms with Crippen molar-refractivity contribution in [3.8, 4) is 11.6 Å². The van der Waals surface area contributed by atoms with Gasteiger partial charge in [-0.15, -0.1) is 0 Å². The first-order chi connectivity index (χ1) is 12.6. The Morgan fingerprint density at radius 3 is 2.62 bits per heavy atom. The smallest absolute Gasteiger partial charge is 0.218 e. The van der Waals surface area contributed by atoms with Gasteiger partial charge in [0.1, 0.15) is 17.9 Å². The first-order valence-electron chi connectivity index (χ1n) is 8.45. The fraction of sp³-hybridized carbons (Fsp3) is 0.316. The van der Waals surface area contributed by atoms with E-state index in [4.69, 9.17) is 20.2 Å². The molecule has 0 spiro atoms. The van der Waals surface area contributed by atoms with Crippen molar-refractivity contribution < 1.29 is 14.3 Å². The summed E-state index contributed by atoms with van der Waals surface area (Å²) in [6.45, 7) is 2.83. The molecular formula is C19H22N4O3. The van der Waals surface area contributed by atoms with Gasteiger partial charge in [-0.05, 0) is 18.2 Å². The number of ether oxygens (including phenoxy) is 2. The summed E-state index contributed by atoms with van der Waals surface area (Å²) in [7, 11) is 1.62. The maximum absolute atomic E-state index is 11.4. The number of benzene rings is 1. The Morgan fingerprint density at radius 1 is 1.15 bits per heavy atom. The minimum Gasteiger partial charge on any atom is -0.475 e. The number of fused-ring (bicyclic) bond motifs is 1. The molecule has 1 unspecified atom stereocenters. The monoisotopic (exact) mass is 354 g/mol. The van der Waals surface area contributed by atoms with E-state index in [0.29, 0.717) is 24.7 Å². The van der Waals surface area contributed by atoms with Crippen molar-refractivity contribution in [1.29, 1.82) is 0 Å². The lowest BCUT2D eigenvalue weighted by atomic mass is 10.1. The van der Waals surface area contributed by atoms with Crippen LogP contribution in [0.5, 0.6) is 5.88 Å². The Hall–Kier alpha value is -2.93. The second kappa shape index (κ2) is 7.97. The maximum atomic E-state index is 11.4. The van der Waals surface area contributed by atoms with E-state index in [-0.39, 0.29) is 18.2 Å². The minimum atomic E-state index is -0.360. The topological polar surface area (TPSA) is 92.3 Å². The number of nitrogens with zero attached hydrogens (tertiary/aromatic N) is 3. The summed E-state index contributed by atoms with van der Waals surface area (Å²) in [6.07, 6.45) is 0.216. The van der Waals surface area contributed by atoms with E-state index in [1.54, 1.807) is 13.2 Å². The highest BCUT2D eigenvalue weighted by Gasteiger charge is 2.20. The number of hydrogen-bond donors (Lipinski definition) is 1. The molecule has 26 heavy (non-hydrogen) atoms. The number of pyridine rings is 1. The summed E-state index contributed by atoms with van der Waals surface area (Å²) < 4.78 is 12.6. The lowest BCUT2D eigenvalue weighted by molar-refractivity contribution is -0.118. The van der Waals surface area contributed by atoms with Crippen LogP contribution in [0.1, 0.15) is 25.1 Å². The minimum absolute atomic E-state index is 0.139. The van der Waals surface area contributed by atoms with Crippen LogP contribution in [0.2, 0.25) is 0 Å². The third-order valence-corrected chi connectivity index (χ3v) is 4.00. The van der Waals surface area contributed by atoms with Gasteiger partial charge in [-0.3, -0.25) is 9.36 Å². The number of methoxy groups -OCH3 is 1. The maximum Gasteiger partial charge on any atom is 0.218 e. The van der Waals surface area contributed by atoms with Gasteiger partial charge in [0, 0.05) is 31.2 Å². The summed E-state index contributed by atoms with van der Waals surface area (Å²) in [5.41, 5.74) is 7.72. The number of aromatic nitrogens is 3. The van der Waals surface area contributed by atoms with Gasteiger partial charge in [0.15, 0.2) is 5.65 Å². The number of carbonyl (C=O) groups excluding carboxylic acids is 1. The van der Waals surface area contributed by atoms with E-state index in [1.165, 1.54) is 0 Å². The van der Waals surface area contributed by atoms with E-state index >= 15 is 0 Å². The van der Waals surface area contributed by atoms with Gasteiger partial charge in [-0.1, -0.05) is 25.1 Å². The van der Waals surface area contributed by atoms with Crippen molar-refractivity contribution in [3.63, 3.8) is 0 Å². The normalized spacial score (nSPS) is 12.2. The molecule has 0 aliphatic carbocycles. The molecule has 7 nitrogen and oxygen atoms in total. The van der Waals surface area contributed by atoms with Crippen molar-refractivity contribution in [1.82, 2.24) is 14.5 Å². The number of para-hydroxylation sites is 1. The third kappa shape index (κ3) is 3.83. The second-order valence-corrected chi connectivity index (χ2v) is 6.05. The molecule has 3 aromatic rings. The Morgan fingerprint density at radius 2 is 1.92 bits per heavy atom. The number of nitrogens with two attached hydrogens (primary N) is 1. The Bertz CT molecular complexity index is 892. The number of imidazole rings is 1. The lowest BCUT2D eigenvalue weighted by Crippen LogP contribution is -2.16. The van der Waals surface area contributed by atoms with Crippen molar-refractivity contribution in [3.05, 3.63) is 48.3 Å². The molecule has 0 saturated carbocycles. The van der Waals surface area contributed by atoms with Gasteiger partial charge >= 0.3 is 0 Å². The highest BCUT2D eigenvalue weighted by atomic mass is 16.5. The summed E-state index contributed by atoms with van der Waals surface area (Å²) in [4.78, 5) is 20.7. The van der Waals surface area contributed by atoms with Crippen LogP contribution in [-0.2, 0) is 9.53 Å². The van der Waals surface area contributed by atoms with Gasteiger partial charge in [-0.2, -0.15) is 4.98 Å². The summed E-state index contributed by atoms with van der Waals surface area (Å²) in [5.74, 6) is 0.743. The van der Waals surface area contributed by atoms with Gasteiger partial charge in [0.25, 0.3) is 0 Å². The highest BCUT2D eigenvalue weighted by molar-refractivity contribution is 5.77. The van der Waals surface area contributed by atoms with E-state index in [9.17, 15) is 4.79 Å². The third-order valence-electron chi connectivity index (χ3n) is 4.00. The molecule has 7 heteroatoms. The molecule has 2 heterocycles. The zero-order chi connectivity index (χ0) is 18.5. The molecule has 0 saturated heterocycles. The van der Waals surface area contributed by atoms with Crippen molar-refractivity contribution in [2.24, 2.45) is 5.73 Å². The molecule has 136 valence electrons. The van der Waals surface area contributed by atoms with Crippen LogP contribution in [0.15, 0.2) is 42.5 Å². The molecule has 0 fully saturated rings. The predicted octanol–water partition coefficient (Wildman–Crippen LogP) is 2.42. The quantitative estimate of drug-likeness (QED) is 0.627. The van der Waals surface area contributed by atoms with Gasteiger partial charge in [0.05, 0.1) is 6.61 Å². The molecular weight excluding hydrogens is 332 g/mol. The van der Waals surface area contributed by atoms with Crippen LogP contribution in [0, 0.1) is 0 Å². The van der Waals surface area contributed by atoms with Crippen LogP contribution in [0.4, 0.5) is 0 Å². The first-order valence-corrected chi connectivity index (χ1v) is 8.45. The van der Waals surface area contributed by atoms with Crippen molar-refractivity contribution in [2.45, 2.75) is 19.3 Å². The van der Waals surface area contributed by atoms with E-state index < -0.39 is 0 Å². The molecule has 1 atom stereocenters. The van der Waals surface area contributed by atoms with E-state index in [2.05, 4.69) is 4.98 Å². The molecule has 0 bridgehead atoms. The molecule has 2 N–H and O–H groups in total. The number of hydrogen-bond acceptors (Lipinski definition) is 5. The zero-order valence-corrected chi connectivity index (χ0v) is 14.9. The van der Waals surface area contributed by atoms with Crippen LogP contribution in [0.3, 0.4) is 0 Å². The van der Waals surface area contributed by atoms with E-state index in [1.807, 2.05) is 47.9 Å². The summed E-state index contributed by atoms with van der Waals surface area (Å²) in [5, 5.41) is 0. The fourth-order valence-corrected chi connectivity index (χ4v) is 2.82. The summed E-state index contributed by atoms with van der Waals surface area (Å²) in [6, 6.07) is 13.4. The molecule has 3 rings (SSSR count). The highest BCUT2D eigenvalue weighted by Crippen LogP contribution is 2.28. The van der Waals surface area contributed by atoms with E-state index in [0.717, 1.165) is 17.0 Å². The standard InChI is InChI=1S/C19H22N4O3/c1-13(12-16(20)24)18-21-15-8-9-17(26-11-10-25-2)22-19(15)23(18)14-6-4-3-5-7-14/h3-9,13H,10-12H2,1-2H3,(H2,20,24). The molecule has 2 aromatic heterocycles.